The molecule has 0 unspecified atom stereocenters. The van der Waals surface area contributed by atoms with Crippen molar-refractivity contribution in [2.45, 2.75) is 71.3 Å². The van der Waals surface area contributed by atoms with Crippen LogP contribution >= 0.6 is 0 Å². The van der Waals surface area contributed by atoms with Gasteiger partial charge in [-0.15, -0.1) is 0 Å². The molecule has 4 aliphatic rings. The Morgan fingerprint density at radius 1 is 0.935 bits per heavy atom. The molecule has 3 saturated carbocycles. The molecule has 1 heterocycles. The van der Waals surface area contributed by atoms with Gasteiger partial charge in [0, 0.05) is 12.5 Å². The third kappa shape index (κ3) is 3.27. The lowest BCUT2D eigenvalue weighted by Crippen LogP contribution is -2.61. The molecule has 1 saturated heterocycles. The van der Waals surface area contributed by atoms with E-state index in [1.807, 2.05) is 24.3 Å². The van der Waals surface area contributed by atoms with Crippen molar-refractivity contribution < 1.29 is 19.1 Å². The summed E-state index contributed by atoms with van der Waals surface area (Å²) >= 11 is 0. The van der Waals surface area contributed by atoms with Crippen LogP contribution in [-0.4, -0.2) is 25.0 Å². The molecular weight excluding hydrogens is 390 g/mol. The van der Waals surface area contributed by atoms with E-state index in [2.05, 4.69) is 19.2 Å². The molecule has 0 radical (unpaired) electrons. The van der Waals surface area contributed by atoms with Crippen LogP contribution in [0.3, 0.4) is 0 Å². The molecule has 5 nitrogen and oxygen atoms in total. The van der Waals surface area contributed by atoms with Crippen molar-refractivity contribution in [3.63, 3.8) is 0 Å². The van der Waals surface area contributed by atoms with Crippen molar-refractivity contribution in [1.82, 2.24) is 5.32 Å². The summed E-state index contributed by atoms with van der Waals surface area (Å²) in [6.45, 7) is 4.76. The van der Waals surface area contributed by atoms with Gasteiger partial charge in [0.25, 0.3) is 0 Å². The molecule has 5 heteroatoms. The third-order valence-corrected chi connectivity index (χ3v) is 9.66. The number of benzene rings is 1. The fraction of sp³-hybridized carbons (Fsp3) is 0.692. The minimum Gasteiger partial charge on any atom is -0.497 e. The number of piperidine rings is 1. The summed E-state index contributed by atoms with van der Waals surface area (Å²) in [4.78, 5) is 25.2. The zero-order valence-electron chi connectivity index (χ0n) is 19.0. The van der Waals surface area contributed by atoms with E-state index < -0.39 is 0 Å². The Hall–Kier alpha value is -2.04. The van der Waals surface area contributed by atoms with Crippen LogP contribution < -0.4 is 14.8 Å². The second-order valence-corrected chi connectivity index (χ2v) is 10.9. The molecule has 3 aliphatic carbocycles. The molecule has 0 bridgehead atoms. The van der Waals surface area contributed by atoms with E-state index in [4.69, 9.17) is 9.47 Å². The van der Waals surface area contributed by atoms with Crippen LogP contribution in [0.25, 0.3) is 0 Å². The summed E-state index contributed by atoms with van der Waals surface area (Å²) < 4.78 is 11.0. The van der Waals surface area contributed by atoms with Crippen molar-refractivity contribution >= 4 is 11.9 Å². The molecular formula is C26H35NO4. The van der Waals surface area contributed by atoms with Crippen molar-refractivity contribution in [1.29, 1.82) is 0 Å². The number of methoxy groups -OCH3 is 1. The van der Waals surface area contributed by atoms with Gasteiger partial charge < -0.3 is 14.8 Å². The molecule has 7 atom stereocenters. The van der Waals surface area contributed by atoms with E-state index in [9.17, 15) is 9.59 Å². The monoisotopic (exact) mass is 425 g/mol. The summed E-state index contributed by atoms with van der Waals surface area (Å²) in [6.07, 6.45) is 8.21. The molecule has 4 fully saturated rings. The maximum Gasteiger partial charge on any atom is 0.314 e. The van der Waals surface area contributed by atoms with Crippen LogP contribution in [0.15, 0.2) is 24.3 Å². The number of nitrogens with one attached hydrogen (secondary N) is 1. The Balaban J connectivity index is 1.32. The Bertz CT molecular complexity index is 867. The zero-order valence-corrected chi connectivity index (χ0v) is 19.0. The highest BCUT2D eigenvalue weighted by atomic mass is 16.5. The summed E-state index contributed by atoms with van der Waals surface area (Å²) in [5, 5.41) is 3.30. The first-order valence-electron chi connectivity index (χ1n) is 12.0. The molecule has 168 valence electrons. The molecule has 1 amide bonds. The lowest BCUT2D eigenvalue weighted by molar-refractivity contribution is -0.150. The summed E-state index contributed by atoms with van der Waals surface area (Å²) in [7, 11) is 1.63. The predicted molar refractivity (Wildman–Crippen MR) is 118 cm³/mol. The second-order valence-electron chi connectivity index (χ2n) is 10.9. The van der Waals surface area contributed by atoms with Gasteiger partial charge in [0.1, 0.15) is 11.5 Å². The normalized spacial score (nSPS) is 41.4. The lowest BCUT2D eigenvalue weighted by atomic mass is 9.47. The van der Waals surface area contributed by atoms with Gasteiger partial charge in [-0.2, -0.15) is 0 Å². The van der Waals surface area contributed by atoms with E-state index in [0.717, 1.165) is 44.3 Å². The van der Waals surface area contributed by atoms with E-state index in [-0.39, 0.29) is 28.6 Å². The molecule has 0 aromatic heterocycles. The molecule has 1 aromatic rings. The smallest absolute Gasteiger partial charge is 0.314 e. The van der Waals surface area contributed by atoms with Gasteiger partial charge >= 0.3 is 5.97 Å². The van der Waals surface area contributed by atoms with Crippen LogP contribution in [-0.2, 0) is 9.59 Å². The average molecular weight is 426 g/mol. The van der Waals surface area contributed by atoms with E-state index in [1.54, 1.807) is 7.11 Å². The SMILES string of the molecule is COc1ccc(OC(=O)[C@H]2CC[C@H]3[C@@H]4CC[C@H]5NC(=O)CC[C@]5(C)[C@H]4CC[C@]23C)cc1. The maximum absolute atomic E-state index is 13.2. The first-order chi connectivity index (χ1) is 14.8. The van der Waals surface area contributed by atoms with Gasteiger partial charge in [-0.25, -0.2) is 0 Å². The number of fused-ring (bicyclic) bond motifs is 5. The van der Waals surface area contributed by atoms with Gasteiger partial charge in [-0.05, 0) is 97.8 Å². The van der Waals surface area contributed by atoms with Gasteiger partial charge in [0.2, 0.25) is 5.91 Å². The summed E-state index contributed by atoms with van der Waals surface area (Å²) in [6, 6.07) is 7.60. The number of esters is 1. The standard InChI is InChI=1S/C26H35NO4/c1-25-14-12-20-18(8-11-22-26(20,2)15-13-23(28)27-22)19(25)9-10-21(25)24(29)31-17-6-4-16(30-3)5-7-17/h4-7,18-22H,8-15H2,1-3H3,(H,27,28)/t18-,19-,20-,21+,22+,25-,26+/m0/s1. The molecule has 1 N–H and O–H groups in total. The minimum atomic E-state index is -0.0709. The van der Waals surface area contributed by atoms with Crippen LogP contribution in [0.5, 0.6) is 11.5 Å². The lowest BCUT2D eigenvalue weighted by Gasteiger charge is -2.60. The molecule has 31 heavy (non-hydrogen) atoms. The minimum absolute atomic E-state index is 0.0197. The van der Waals surface area contributed by atoms with Gasteiger partial charge in [-0.1, -0.05) is 13.8 Å². The second kappa shape index (κ2) is 7.53. The number of carbonyl (C=O) groups is 2. The highest BCUT2D eigenvalue weighted by molar-refractivity contribution is 5.77. The summed E-state index contributed by atoms with van der Waals surface area (Å²) in [5.74, 6) is 3.37. The van der Waals surface area contributed by atoms with Gasteiger partial charge in [0.05, 0.1) is 13.0 Å². The van der Waals surface area contributed by atoms with E-state index >= 15 is 0 Å². The highest BCUT2D eigenvalue weighted by Crippen LogP contribution is 2.65. The van der Waals surface area contributed by atoms with Crippen LogP contribution in [0.4, 0.5) is 0 Å². The zero-order chi connectivity index (χ0) is 21.8. The molecule has 1 aliphatic heterocycles. The van der Waals surface area contributed by atoms with Crippen molar-refractivity contribution in [2.75, 3.05) is 7.11 Å². The largest absolute Gasteiger partial charge is 0.497 e. The number of ether oxygens (including phenoxy) is 2. The Morgan fingerprint density at radius 3 is 2.39 bits per heavy atom. The first-order valence-corrected chi connectivity index (χ1v) is 12.0. The fourth-order valence-electron chi connectivity index (χ4n) is 7.92. The summed E-state index contributed by atoms with van der Waals surface area (Å²) in [5.41, 5.74) is 0.228. The Morgan fingerprint density at radius 2 is 1.65 bits per heavy atom. The molecule has 5 rings (SSSR count). The Labute approximate surface area is 185 Å². The number of hydrogen-bond acceptors (Lipinski definition) is 4. The number of rotatable bonds is 3. The van der Waals surface area contributed by atoms with Gasteiger partial charge in [0.15, 0.2) is 0 Å². The highest BCUT2D eigenvalue weighted by Gasteiger charge is 2.61. The van der Waals surface area contributed by atoms with Crippen LogP contribution in [0, 0.1) is 34.5 Å². The topological polar surface area (TPSA) is 64.6 Å². The third-order valence-electron chi connectivity index (χ3n) is 9.66. The first kappa shape index (κ1) is 20.8. The fourth-order valence-corrected chi connectivity index (χ4v) is 7.92. The number of hydrogen-bond donors (Lipinski definition) is 1. The molecule has 0 spiro atoms. The van der Waals surface area contributed by atoms with Gasteiger partial charge in [-0.3, -0.25) is 9.59 Å². The van der Waals surface area contributed by atoms with Crippen molar-refractivity contribution in [3.05, 3.63) is 24.3 Å². The Kier molecular flexibility index (Phi) is 5.06. The quantitative estimate of drug-likeness (QED) is 0.561. The van der Waals surface area contributed by atoms with Crippen molar-refractivity contribution in [2.24, 2.45) is 34.5 Å². The number of amides is 1. The van der Waals surface area contributed by atoms with Crippen molar-refractivity contribution in [3.8, 4) is 11.5 Å². The maximum atomic E-state index is 13.2. The average Bonchev–Trinajstić information content (AvgIpc) is 3.12. The van der Waals surface area contributed by atoms with Crippen LogP contribution in [0.2, 0.25) is 0 Å². The molecule has 1 aromatic carbocycles. The van der Waals surface area contributed by atoms with E-state index in [1.165, 1.54) is 6.42 Å². The van der Waals surface area contributed by atoms with Crippen LogP contribution in [0.1, 0.15) is 65.2 Å². The number of carbonyl (C=O) groups excluding carboxylic acids is 2. The van der Waals surface area contributed by atoms with E-state index in [0.29, 0.717) is 36.0 Å². The predicted octanol–water partition coefficient (Wildman–Crippen LogP) is 4.74.